The second kappa shape index (κ2) is 9.90. The second-order valence-electron chi connectivity index (χ2n) is 7.72. The van der Waals surface area contributed by atoms with Crippen molar-refractivity contribution in [2.45, 2.75) is 77.0 Å². The van der Waals surface area contributed by atoms with Crippen LogP contribution in [0.25, 0.3) is 10.9 Å². The number of amides is 1. The standard InChI is InChI=1S/C22H33N3O2/c1-2-3-4-5-6-7-9-18-15-17-14-16(11-12-19(17)24-18)21(26)25-22(27)20-10-8-13-23-20/h11-12,14-15,20-21,23-24,26H,2-10,13H2,1H3,(H,25,27)/t20-,21-/m0/s1. The molecule has 2 heterocycles. The van der Waals surface area contributed by atoms with Gasteiger partial charge in [0.05, 0.1) is 6.04 Å². The maximum atomic E-state index is 12.2. The highest BCUT2D eigenvalue weighted by Crippen LogP contribution is 2.22. The molecule has 5 heteroatoms. The summed E-state index contributed by atoms with van der Waals surface area (Å²) in [5, 5.41) is 17.3. The molecule has 4 N–H and O–H groups in total. The Kier molecular flexibility index (Phi) is 7.30. The Morgan fingerprint density at radius 3 is 2.81 bits per heavy atom. The van der Waals surface area contributed by atoms with Crippen LogP contribution in [0.5, 0.6) is 0 Å². The summed E-state index contributed by atoms with van der Waals surface area (Å²) in [6.07, 6.45) is 9.69. The number of rotatable bonds is 10. The number of fused-ring (bicyclic) bond motifs is 1. The van der Waals surface area contributed by atoms with Crippen LogP contribution in [-0.2, 0) is 11.2 Å². The summed E-state index contributed by atoms with van der Waals surface area (Å²) in [7, 11) is 0. The zero-order chi connectivity index (χ0) is 19.1. The fourth-order valence-corrected chi connectivity index (χ4v) is 3.84. The predicted molar refractivity (Wildman–Crippen MR) is 110 cm³/mol. The molecule has 27 heavy (non-hydrogen) atoms. The van der Waals surface area contributed by atoms with Gasteiger partial charge >= 0.3 is 0 Å². The number of unbranched alkanes of at least 4 members (excludes halogenated alkanes) is 5. The highest BCUT2D eigenvalue weighted by molar-refractivity contribution is 5.83. The van der Waals surface area contributed by atoms with E-state index in [-0.39, 0.29) is 11.9 Å². The van der Waals surface area contributed by atoms with Crippen molar-refractivity contribution in [2.24, 2.45) is 0 Å². The van der Waals surface area contributed by atoms with E-state index in [0.29, 0.717) is 0 Å². The topological polar surface area (TPSA) is 77.2 Å². The van der Waals surface area contributed by atoms with E-state index in [0.717, 1.165) is 42.3 Å². The van der Waals surface area contributed by atoms with E-state index in [1.165, 1.54) is 44.2 Å². The molecule has 1 aliphatic heterocycles. The Labute approximate surface area is 161 Å². The minimum absolute atomic E-state index is 0.127. The number of carbonyl (C=O) groups excluding carboxylic acids is 1. The minimum Gasteiger partial charge on any atom is -0.369 e. The third-order valence-corrected chi connectivity index (χ3v) is 5.47. The van der Waals surface area contributed by atoms with Crippen LogP contribution in [0.15, 0.2) is 24.3 Å². The van der Waals surface area contributed by atoms with Crippen molar-refractivity contribution in [3.05, 3.63) is 35.5 Å². The first-order chi connectivity index (χ1) is 13.2. The lowest BCUT2D eigenvalue weighted by atomic mass is 10.1. The number of aromatic amines is 1. The molecule has 5 nitrogen and oxygen atoms in total. The molecule has 0 saturated carbocycles. The molecule has 1 saturated heterocycles. The lowest BCUT2D eigenvalue weighted by Gasteiger charge is -2.16. The van der Waals surface area contributed by atoms with Gasteiger partial charge in [0.1, 0.15) is 0 Å². The van der Waals surface area contributed by atoms with Gasteiger partial charge in [-0.2, -0.15) is 0 Å². The van der Waals surface area contributed by atoms with E-state index < -0.39 is 6.23 Å². The molecule has 0 spiro atoms. The first kappa shape index (κ1) is 19.9. The van der Waals surface area contributed by atoms with Crippen LogP contribution in [0.3, 0.4) is 0 Å². The van der Waals surface area contributed by atoms with E-state index >= 15 is 0 Å². The van der Waals surface area contributed by atoms with E-state index in [2.05, 4.69) is 28.6 Å². The van der Waals surface area contributed by atoms with Gasteiger partial charge in [-0.1, -0.05) is 45.1 Å². The van der Waals surface area contributed by atoms with Gasteiger partial charge in [0, 0.05) is 22.2 Å². The number of aryl methyl sites for hydroxylation is 1. The molecule has 0 unspecified atom stereocenters. The van der Waals surface area contributed by atoms with E-state index in [9.17, 15) is 9.90 Å². The van der Waals surface area contributed by atoms with Crippen molar-refractivity contribution in [3.63, 3.8) is 0 Å². The van der Waals surface area contributed by atoms with Gasteiger partial charge in [-0.25, -0.2) is 0 Å². The predicted octanol–water partition coefficient (Wildman–Crippen LogP) is 3.93. The summed E-state index contributed by atoms with van der Waals surface area (Å²) in [6, 6.07) is 7.81. The van der Waals surface area contributed by atoms with Crippen LogP contribution in [0.1, 0.15) is 75.8 Å². The molecule has 0 radical (unpaired) electrons. The quantitative estimate of drug-likeness (QED) is 0.377. The normalized spacial score (nSPS) is 18.1. The van der Waals surface area contributed by atoms with Gasteiger partial charge < -0.3 is 20.7 Å². The van der Waals surface area contributed by atoms with Crippen LogP contribution in [0, 0.1) is 0 Å². The van der Waals surface area contributed by atoms with Gasteiger partial charge in [0.25, 0.3) is 0 Å². The molecule has 1 amide bonds. The summed E-state index contributed by atoms with van der Waals surface area (Å²) >= 11 is 0. The van der Waals surface area contributed by atoms with Crippen molar-refractivity contribution >= 4 is 16.8 Å². The van der Waals surface area contributed by atoms with Crippen molar-refractivity contribution < 1.29 is 9.90 Å². The molecule has 3 rings (SSSR count). The van der Waals surface area contributed by atoms with E-state index in [1.807, 2.05) is 18.2 Å². The fraction of sp³-hybridized carbons (Fsp3) is 0.591. The maximum Gasteiger partial charge on any atom is 0.239 e. The van der Waals surface area contributed by atoms with Crippen LogP contribution in [0.2, 0.25) is 0 Å². The number of nitrogens with one attached hydrogen (secondary N) is 3. The molecule has 2 aromatic rings. The fourth-order valence-electron chi connectivity index (χ4n) is 3.84. The highest BCUT2D eigenvalue weighted by Gasteiger charge is 2.24. The van der Waals surface area contributed by atoms with E-state index in [1.54, 1.807) is 0 Å². The lowest BCUT2D eigenvalue weighted by molar-refractivity contribution is -0.125. The monoisotopic (exact) mass is 371 g/mol. The van der Waals surface area contributed by atoms with Crippen LogP contribution >= 0.6 is 0 Å². The van der Waals surface area contributed by atoms with E-state index in [4.69, 9.17) is 0 Å². The molecule has 1 aromatic heterocycles. The SMILES string of the molecule is CCCCCCCCc1cc2cc([C@H](O)NC(=O)[C@@H]3CCCN3)ccc2[nH]1. The van der Waals surface area contributed by atoms with Gasteiger partial charge in [-0.15, -0.1) is 0 Å². The van der Waals surface area contributed by atoms with Crippen LogP contribution in [-0.4, -0.2) is 28.6 Å². The molecule has 1 aromatic carbocycles. The third kappa shape index (κ3) is 5.56. The van der Waals surface area contributed by atoms with Gasteiger partial charge in [-0.05, 0) is 50.4 Å². The average molecular weight is 372 g/mol. The summed E-state index contributed by atoms with van der Waals surface area (Å²) in [5.41, 5.74) is 3.04. The molecule has 0 aliphatic carbocycles. The Balaban J connectivity index is 1.54. The molecule has 1 aliphatic rings. The molecule has 0 bridgehead atoms. The van der Waals surface area contributed by atoms with Gasteiger partial charge in [0.15, 0.2) is 6.23 Å². The van der Waals surface area contributed by atoms with Crippen molar-refractivity contribution in [2.75, 3.05) is 6.54 Å². The van der Waals surface area contributed by atoms with Crippen molar-refractivity contribution in [3.8, 4) is 0 Å². The summed E-state index contributed by atoms with van der Waals surface area (Å²) in [6.45, 7) is 3.11. The summed E-state index contributed by atoms with van der Waals surface area (Å²) < 4.78 is 0. The van der Waals surface area contributed by atoms with Crippen LogP contribution in [0.4, 0.5) is 0 Å². The Morgan fingerprint density at radius 2 is 2.04 bits per heavy atom. The number of H-pyrrole nitrogens is 1. The summed E-state index contributed by atoms with van der Waals surface area (Å²) in [5.74, 6) is -0.127. The molecule has 1 fully saturated rings. The largest absolute Gasteiger partial charge is 0.369 e. The highest BCUT2D eigenvalue weighted by atomic mass is 16.3. The first-order valence-corrected chi connectivity index (χ1v) is 10.5. The smallest absolute Gasteiger partial charge is 0.239 e. The maximum absolute atomic E-state index is 12.2. The summed E-state index contributed by atoms with van der Waals surface area (Å²) in [4.78, 5) is 15.6. The Hall–Kier alpha value is -1.85. The minimum atomic E-state index is -0.971. The molecule has 2 atom stereocenters. The lowest BCUT2D eigenvalue weighted by Crippen LogP contribution is -2.42. The molecule has 148 valence electrons. The number of carbonyl (C=O) groups is 1. The average Bonchev–Trinajstić information content (AvgIpc) is 3.33. The number of benzene rings is 1. The number of aromatic nitrogens is 1. The third-order valence-electron chi connectivity index (χ3n) is 5.47. The van der Waals surface area contributed by atoms with Gasteiger partial charge in [0.2, 0.25) is 5.91 Å². The molecular formula is C22H33N3O2. The van der Waals surface area contributed by atoms with Crippen molar-refractivity contribution in [1.82, 2.24) is 15.6 Å². The second-order valence-corrected chi connectivity index (χ2v) is 7.72. The van der Waals surface area contributed by atoms with Crippen molar-refractivity contribution in [1.29, 1.82) is 0 Å². The first-order valence-electron chi connectivity index (χ1n) is 10.5. The number of hydrogen-bond donors (Lipinski definition) is 4. The number of aliphatic hydroxyl groups excluding tert-OH is 1. The number of aliphatic hydroxyl groups is 1. The van der Waals surface area contributed by atoms with Crippen LogP contribution < -0.4 is 10.6 Å². The number of hydrogen-bond acceptors (Lipinski definition) is 3. The Bertz CT molecular complexity index is 734. The molecular weight excluding hydrogens is 338 g/mol. The Morgan fingerprint density at radius 1 is 1.22 bits per heavy atom. The van der Waals surface area contributed by atoms with Gasteiger partial charge in [-0.3, -0.25) is 4.79 Å². The zero-order valence-electron chi connectivity index (χ0n) is 16.4. The zero-order valence-corrected chi connectivity index (χ0v) is 16.4.